The van der Waals surface area contributed by atoms with E-state index in [1.165, 1.54) is 193 Å². The van der Waals surface area contributed by atoms with Gasteiger partial charge in [-0.1, -0.05) is 196 Å². The van der Waals surface area contributed by atoms with Gasteiger partial charge >= 0.3 is 0 Å². The molecular formula is C42H90O3. The first-order valence-electron chi connectivity index (χ1n) is 20.9. The van der Waals surface area contributed by atoms with E-state index in [4.69, 9.17) is 0 Å². The minimum atomic E-state index is 0.398. The fourth-order valence-electron chi connectivity index (χ4n) is 6.13. The molecule has 3 N–H and O–H groups in total. The van der Waals surface area contributed by atoms with Gasteiger partial charge < -0.3 is 15.3 Å². The molecule has 0 saturated heterocycles. The molecule has 0 aromatic carbocycles. The Balaban J connectivity index is -0.000000588. The molecule has 0 radical (unpaired) electrons. The Hall–Kier alpha value is -0.120. The van der Waals surface area contributed by atoms with E-state index in [-0.39, 0.29) is 0 Å². The summed E-state index contributed by atoms with van der Waals surface area (Å²) in [7, 11) is 0. The zero-order chi connectivity index (χ0) is 34.1. The largest absolute Gasteiger partial charge is 0.396 e. The third-order valence-corrected chi connectivity index (χ3v) is 9.57. The highest BCUT2D eigenvalue weighted by molar-refractivity contribution is 4.60. The van der Waals surface area contributed by atoms with Gasteiger partial charge in [-0.25, -0.2) is 0 Å². The molecule has 0 bridgehead atoms. The first-order chi connectivity index (χ1) is 22.0. The summed E-state index contributed by atoms with van der Waals surface area (Å²) in [5.74, 6) is 1.74. The van der Waals surface area contributed by atoms with Crippen LogP contribution in [0.1, 0.15) is 234 Å². The van der Waals surface area contributed by atoms with Gasteiger partial charge in [0.1, 0.15) is 0 Å². The Labute approximate surface area is 286 Å². The highest BCUT2D eigenvalue weighted by Crippen LogP contribution is 2.19. The lowest BCUT2D eigenvalue weighted by atomic mass is 9.95. The molecule has 45 heavy (non-hydrogen) atoms. The summed E-state index contributed by atoms with van der Waals surface area (Å²) in [4.78, 5) is 0. The summed E-state index contributed by atoms with van der Waals surface area (Å²) in [5, 5.41) is 27.7. The highest BCUT2D eigenvalue weighted by Gasteiger charge is 2.08. The zero-order valence-electron chi connectivity index (χ0n) is 32.4. The summed E-state index contributed by atoms with van der Waals surface area (Å²) in [6, 6.07) is 0. The molecule has 0 aromatic rings. The number of hydrogen-bond acceptors (Lipinski definition) is 3. The SMILES string of the molecule is CCCCCCC(CO)CCCCCC.CCCCCCCC(CO)CCCCC.CCCCCCCCC(CO)CCCC. The van der Waals surface area contributed by atoms with Crippen LogP contribution in [0.3, 0.4) is 0 Å². The predicted molar refractivity (Wildman–Crippen MR) is 204 cm³/mol. The van der Waals surface area contributed by atoms with Crippen LogP contribution in [0.15, 0.2) is 0 Å². The van der Waals surface area contributed by atoms with Crippen molar-refractivity contribution in [2.75, 3.05) is 19.8 Å². The zero-order valence-corrected chi connectivity index (χ0v) is 32.4. The molecule has 2 atom stereocenters. The van der Waals surface area contributed by atoms with Crippen LogP contribution >= 0.6 is 0 Å². The number of hydrogen-bond donors (Lipinski definition) is 3. The molecule has 3 nitrogen and oxygen atoms in total. The average molecular weight is 643 g/mol. The van der Waals surface area contributed by atoms with Crippen molar-refractivity contribution in [3.8, 4) is 0 Å². The molecule has 0 aromatic heterocycles. The van der Waals surface area contributed by atoms with Crippen molar-refractivity contribution in [2.24, 2.45) is 17.8 Å². The number of unbranched alkanes of at least 4 members (excludes halogenated alkanes) is 18. The van der Waals surface area contributed by atoms with E-state index in [0.717, 1.165) is 0 Å². The topological polar surface area (TPSA) is 60.7 Å². The molecular weight excluding hydrogens is 552 g/mol. The van der Waals surface area contributed by atoms with E-state index >= 15 is 0 Å². The van der Waals surface area contributed by atoms with Crippen LogP contribution in [0.5, 0.6) is 0 Å². The van der Waals surface area contributed by atoms with Gasteiger partial charge in [-0.15, -0.1) is 0 Å². The number of aliphatic hydroxyl groups is 3. The monoisotopic (exact) mass is 643 g/mol. The van der Waals surface area contributed by atoms with Gasteiger partial charge in [0, 0.05) is 19.8 Å². The molecule has 0 rings (SSSR count). The standard InChI is InChI=1S/3C14H30O/c1-3-5-7-8-9-10-12-14(13-15)11-6-4-2;1-3-5-7-8-10-12-14(13-15)11-9-6-4-2;1-3-5-7-9-11-14(13-15)12-10-8-6-4-2/h3*14-15H,3-13H2,1-2H3. The van der Waals surface area contributed by atoms with Crippen molar-refractivity contribution in [3.63, 3.8) is 0 Å². The van der Waals surface area contributed by atoms with E-state index in [1.54, 1.807) is 0 Å². The molecule has 276 valence electrons. The van der Waals surface area contributed by atoms with Crippen LogP contribution in [-0.2, 0) is 0 Å². The van der Waals surface area contributed by atoms with Gasteiger partial charge in [-0.3, -0.25) is 0 Å². The lowest BCUT2D eigenvalue weighted by molar-refractivity contribution is 0.204. The van der Waals surface area contributed by atoms with Gasteiger partial charge in [-0.05, 0) is 56.3 Å². The van der Waals surface area contributed by atoms with Crippen LogP contribution in [0.2, 0.25) is 0 Å². The van der Waals surface area contributed by atoms with Crippen molar-refractivity contribution >= 4 is 0 Å². The molecule has 0 saturated carbocycles. The average Bonchev–Trinajstić information content (AvgIpc) is 3.06. The molecule has 0 heterocycles. The van der Waals surface area contributed by atoms with Crippen LogP contribution in [-0.4, -0.2) is 35.1 Å². The molecule has 0 amide bonds. The van der Waals surface area contributed by atoms with E-state index in [9.17, 15) is 15.3 Å². The third kappa shape index (κ3) is 43.9. The van der Waals surface area contributed by atoms with Crippen molar-refractivity contribution in [2.45, 2.75) is 234 Å². The van der Waals surface area contributed by atoms with Crippen molar-refractivity contribution in [1.29, 1.82) is 0 Å². The maximum absolute atomic E-state index is 9.24. The lowest BCUT2D eigenvalue weighted by Crippen LogP contribution is -2.06. The smallest absolute Gasteiger partial charge is 0.0459 e. The number of rotatable bonds is 33. The van der Waals surface area contributed by atoms with Crippen molar-refractivity contribution < 1.29 is 15.3 Å². The van der Waals surface area contributed by atoms with E-state index in [1.807, 2.05) is 0 Å². The van der Waals surface area contributed by atoms with E-state index < -0.39 is 0 Å². The Bertz CT molecular complexity index is 457. The summed E-state index contributed by atoms with van der Waals surface area (Å²) >= 11 is 0. The fraction of sp³-hybridized carbons (Fsp3) is 1.00. The summed E-state index contributed by atoms with van der Waals surface area (Å²) in [5.41, 5.74) is 0. The first kappa shape index (κ1) is 49.3. The third-order valence-electron chi connectivity index (χ3n) is 9.57. The van der Waals surface area contributed by atoms with Gasteiger partial charge in [0.2, 0.25) is 0 Å². The van der Waals surface area contributed by atoms with Crippen LogP contribution in [0.4, 0.5) is 0 Å². The second-order valence-corrected chi connectivity index (χ2v) is 14.2. The minimum Gasteiger partial charge on any atom is -0.396 e. The summed E-state index contributed by atoms with van der Waals surface area (Å²) < 4.78 is 0. The Morgan fingerprint density at radius 1 is 0.244 bits per heavy atom. The van der Waals surface area contributed by atoms with E-state index in [2.05, 4.69) is 41.5 Å². The van der Waals surface area contributed by atoms with Gasteiger partial charge in [0.25, 0.3) is 0 Å². The van der Waals surface area contributed by atoms with Crippen molar-refractivity contribution in [1.82, 2.24) is 0 Å². The molecule has 0 spiro atoms. The van der Waals surface area contributed by atoms with Crippen molar-refractivity contribution in [3.05, 3.63) is 0 Å². The predicted octanol–water partition coefficient (Wildman–Crippen LogP) is 13.6. The highest BCUT2D eigenvalue weighted by atomic mass is 16.3. The molecule has 0 aliphatic heterocycles. The maximum atomic E-state index is 9.24. The van der Waals surface area contributed by atoms with E-state index in [0.29, 0.717) is 37.6 Å². The first-order valence-corrected chi connectivity index (χ1v) is 20.9. The van der Waals surface area contributed by atoms with Gasteiger partial charge in [0.15, 0.2) is 0 Å². The van der Waals surface area contributed by atoms with Crippen LogP contribution in [0.25, 0.3) is 0 Å². The summed E-state index contributed by atoms with van der Waals surface area (Å²) in [6.07, 6.45) is 39.4. The normalized spacial score (nSPS) is 12.4. The number of aliphatic hydroxyl groups excluding tert-OH is 3. The molecule has 2 unspecified atom stereocenters. The Morgan fingerprint density at radius 2 is 0.422 bits per heavy atom. The Morgan fingerprint density at radius 3 is 0.689 bits per heavy atom. The molecule has 0 fully saturated rings. The van der Waals surface area contributed by atoms with Crippen LogP contribution in [0, 0.1) is 17.8 Å². The van der Waals surface area contributed by atoms with Crippen LogP contribution < -0.4 is 0 Å². The molecule has 0 aliphatic carbocycles. The molecule has 0 aliphatic rings. The molecule has 3 heteroatoms. The van der Waals surface area contributed by atoms with Gasteiger partial charge in [-0.2, -0.15) is 0 Å². The summed E-state index contributed by atoms with van der Waals surface area (Å²) in [6.45, 7) is 14.7. The fourth-order valence-corrected chi connectivity index (χ4v) is 6.13. The van der Waals surface area contributed by atoms with Gasteiger partial charge in [0.05, 0.1) is 0 Å². The maximum Gasteiger partial charge on any atom is 0.0459 e. The minimum absolute atomic E-state index is 0.398. The second-order valence-electron chi connectivity index (χ2n) is 14.2. The Kier molecular flexibility index (Phi) is 50.4. The lowest BCUT2D eigenvalue weighted by Gasteiger charge is -2.13. The second kappa shape index (κ2) is 46.0. The quantitative estimate of drug-likeness (QED) is 0.0624.